The summed E-state index contributed by atoms with van der Waals surface area (Å²) in [5, 5.41) is 0. The first kappa shape index (κ1) is 19.6. The van der Waals surface area contributed by atoms with Crippen molar-refractivity contribution in [3.63, 3.8) is 0 Å². The lowest BCUT2D eigenvalue weighted by atomic mass is 10.1. The van der Waals surface area contributed by atoms with Crippen molar-refractivity contribution in [2.45, 2.75) is 25.3 Å². The molecule has 0 radical (unpaired) electrons. The zero-order valence-corrected chi connectivity index (χ0v) is 15.7. The molecule has 2 saturated heterocycles. The van der Waals surface area contributed by atoms with Crippen LogP contribution in [-0.4, -0.2) is 60.0 Å². The molecule has 4 heterocycles. The number of rotatable bonds is 3. The first-order valence-corrected chi connectivity index (χ1v) is 9.18. The molecule has 4 rings (SSSR count). The molecular formula is C18H20F4N6O. The molecule has 0 bridgehead atoms. The second-order valence-electron chi connectivity index (χ2n) is 7.18. The normalized spacial score (nSPS) is 20.7. The molecule has 0 saturated carbocycles. The maximum Gasteiger partial charge on any atom is 0.417 e. The van der Waals surface area contributed by atoms with Gasteiger partial charge in [0.15, 0.2) is 0 Å². The Balaban J connectivity index is 1.83. The maximum atomic E-state index is 13.6. The molecule has 2 aromatic rings. The Kier molecular flexibility index (Phi) is 4.93. The van der Waals surface area contributed by atoms with Crippen LogP contribution in [0, 0.1) is 0 Å². The van der Waals surface area contributed by atoms with Crippen molar-refractivity contribution in [2.24, 2.45) is 0 Å². The molecule has 0 aliphatic carbocycles. The standard InChI is InChI=1S/C18H20F4N6O/c1-10-9-29-3-2-28(10)17-25-14(5-16(26-17)27-7-11(19)8-27)12-6-24-15(23)4-13(12)18(20,21)22/h4-6,10-11H,2-3,7-9H2,1H3,(H2,23,24)/t10-/m1/s1. The van der Waals surface area contributed by atoms with Crippen molar-refractivity contribution in [3.05, 3.63) is 23.9 Å². The van der Waals surface area contributed by atoms with Crippen LogP contribution in [0.25, 0.3) is 11.3 Å². The number of nitrogens with zero attached hydrogens (tertiary/aromatic N) is 5. The first-order chi connectivity index (χ1) is 13.7. The van der Waals surface area contributed by atoms with Gasteiger partial charge >= 0.3 is 6.18 Å². The predicted octanol–water partition coefficient (Wildman–Crippen LogP) is 2.52. The molecule has 0 unspecified atom stereocenters. The number of morpholine rings is 1. The van der Waals surface area contributed by atoms with E-state index in [0.29, 0.717) is 25.6 Å². The number of alkyl halides is 4. The van der Waals surface area contributed by atoms with Gasteiger partial charge in [0.1, 0.15) is 17.8 Å². The smallest absolute Gasteiger partial charge is 0.384 e. The van der Waals surface area contributed by atoms with Crippen LogP contribution in [-0.2, 0) is 10.9 Å². The monoisotopic (exact) mass is 412 g/mol. The van der Waals surface area contributed by atoms with E-state index in [9.17, 15) is 17.6 Å². The van der Waals surface area contributed by atoms with Gasteiger partial charge in [0, 0.05) is 24.4 Å². The van der Waals surface area contributed by atoms with E-state index >= 15 is 0 Å². The Bertz CT molecular complexity index is 902. The lowest BCUT2D eigenvalue weighted by molar-refractivity contribution is -0.137. The molecule has 1 atom stereocenters. The van der Waals surface area contributed by atoms with Crippen LogP contribution < -0.4 is 15.5 Å². The average molecular weight is 412 g/mol. The van der Waals surface area contributed by atoms with Crippen LogP contribution in [0.5, 0.6) is 0 Å². The largest absolute Gasteiger partial charge is 0.417 e. The summed E-state index contributed by atoms with van der Waals surface area (Å²) in [5.74, 6) is 0.420. The SMILES string of the molecule is C[C@@H]1COCCN1c1nc(-c2cnc(N)cc2C(F)(F)F)cc(N2CC(F)C2)n1. The van der Waals surface area contributed by atoms with Gasteiger partial charge in [0.2, 0.25) is 5.95 Å². The molecule has 11 heteroatoms. The number of nitrogens with two attached hydrogens (primary N) is 1. The molecule has 2 fully saturated rings. The van der Waals surface area contributed by atoms with Crippen molar-refractivity contribution >= 4 is 17.6 Å². The highest BCUT2D eigenvalue weighted by Gasteiger charge is 2.36. The highest BCUT2D eigenvalue weighted by atomic mass is 19.4. The van der Waals surface area contributed by atoms with Crippen LogP contribution in [0.1, 0.15) is 12.5 Å². The second kappa shape index (κ2) is 7.29. The summed E-state index contributed by atoms with van der Waals surface area (Å²) in [5.41, 5.74) is 4.41. The molecule has 156 valence electrons. The lowest BCUT2D eigenvalue weighted by Gasteiger charge is -2.37. The Hall–Kier alpha value is -2.69. The van der Waals surface area contributed by atoms with E-state index in [2.05, 4.69) is 15.0 Å². The van der Waals surface area contributed by atoms with E-state index < -0.39 is 17.9 Å². The van der Waals surface area contributed by atoms with Gasteiger partial charge in [-0.2, -0.15) is 18.2 Å². The zero-order valence-electron chi connectivity index (χ0n) is 15.7. The Morgan fingerprint density at radius 3 is 2.62 bits per heavy atom. The number of pyridine rings is 1. The molecule has 0 amide bonds. The van der Waals surface area contributed by atoms with Gasteiger partial charge in [-0.3, -0.25) is 0 Å². The molecule has 2 aliphatic rings. The van der Waals surface area contributed by atoms with Gasteiger partial charge in [0.05, 0.1) is 43.6 Å². The van der Waals surface area contributed by atoms with Crippen LogP contribution in [0.15, 0.2) is 18.3 Å². The number of nitrogen functional groups attached to an aromatic ring is 1. The fourth-order valence-corrected chi connectivity index (χ4v) is 3.40. The molecule has 0 aromatic carbocycles. The lowest BCUT2D eigenvalue weighted by Crippen LogP contribution is -2.49. The third-order valence-corrected chi connectivity index (χ3v) is 4.99. The average Bonchev–Trinajstić information content (AvgIpc) is 2.65. The topological polar surface area (TPSA) is 80.4 Å². The quantitative estimate of drug-likeness (QED) is 0.776. The first-order valence-electron chi connectivity index (χ1n) is 9.18. The zero-order chi connectivity index (χ0) is 20.8. The summed E-state index contributed by atoms with van der Waals surface area (Å²) in [6.07, 6.45) is -4.56. The predicted molar refractivity (Wildman–Crippen MR) is 99.4 cm³/mol. The fraction of sp³-hybridized carbons (Fsp3) is 0.500. The van der Waals surface area contributed by atoms with E-state index in [0.717, 1.165) is 12.3 Å². The van der Waals surface area contributed by atoms with Crippen molar-refractivity contribution in [1.29, 1.82) is 0 Å². The van der Waals surface area contributed by atoms with Crippen molar-refractivity contribution in [3.8, 4) is 11.3 Å². The van der Waals surface area contributed by atoms with Gasteiger partial charge in [-0.05, 0) is 13.0 Å². The Labute approximate surface area is 164 Å². The van der Waals surface area contributed by atoms with E-state index in [1.54, 1.807) is 4.90 Å². The van der Waals surface area contributed by atoms with E-state index in [1.165, 1.54) is 6.07 Å². The number of halogens is 4. The Morgan fingerprint density at radius 2 is 1.97 bits per heavy atom. The third kappa shape index (κ3) is 3.91. The van der Waals surface area contributed by atoms with Gasteiger partial charge in [0.25, 0.3) is 0 Å². The van der Waals surface area contributed by atoms with Crippen molar-refractivity contribution in [1.82, 2.24) is 15.0 Å². The minimum Gasteiger partial charge on any atom is -0.384 e. The number of anilines is 3. The molecule has 2 aliphatic heterocycles. The number of ether oxygens (including phenoxy) is 1. The molecule has 2 N–H and O–H groups in total. The number of hydrogen-bond acceptors (Lipinski definition) is 7. The summed E-state index contributed by atoms with van der Waals surface area (Å²) >= 11 is 0. The fourth-order valence-electron chi connectivity index (χ4n) is 3.40. The van der Waals surface area contributed by atoms with Crippen LogP contribution >= 0.6 is 0 Å². The van der Waals surface area contributed by atoms with Crippen LogP contribution in [0.3, 0.4) is 0 Å². The van der Waals surface area contributed by atoms with E-state index in [1.807, 2.05) is 11.8 Å². The molecule has 7 nitrogen and oxygen atoms in total. The molecule has 0 spiro atoms. The van der Waals surface area contributed by atoms with Crippen LogP contribution in [0.2, 0.25) is 0 Å². The van der Waals surface area contributed by atoms with Gasteiger partial charge < -0.3 is 20.3 Å². The Morgan fingerprint density at radius 1 is 1.21 bits per heavy atom. The highest BCUT2D eigenvalue weighted by Crippen LogP contribution is 2.38. The van der Waals surface area contributed by atoms with Gasteiger partial charge in [-0.25, -0.2) is 14.4 Å². The summed E-state index contributed by atoms with van der Waals surface area (Å²) < 4.78 is 59.6. The number of hydrogen-bond donors (Lipinski definition) is 1. The van der Waals surface area contributed by atoms with Crippen molar-refractivity contribution < 1.29 is 22.3 Å². The minimum absolute atomic E-state index is 0.0520. The minimum atomic E-state index is -4.63. The molecule has 29 heavy (non-hydrogen) atoms. The van der Waals surface area contributed by atoms with Gasteiger partial charge in [-0.15, -0.1) is 0 Å². The van der Waals surface area contributed by atoms with E-state index in [4.69, 9.17) is 10.5 Å². The summed E-state index contributed by atoms with van der Waals surface area (Å²) in [4.78, 5) is 16.3. The van der Waals surface area contributed by atoms with Gasteiger partial charge in [-0.1, -0.05) is 0 Å². The molecule has 2 aromatic heterocycles. The number of aromatic nitrogens is 3. The summed E-state index contributed by atoms with van der Waals surface area (Å²) in [6, 6.07) is 2.17. The van der Waals surface area contributed by atoms with Crippen molar-refractivity contribution in [2.75, 3.05) is 48.4 Å². The summed E-state index contributed by atoms with van der Waals surface area (Å²) in [7, 11) is 0. The third-order valence-electron chi connectivity index (χ3n) is 4.99. The van der Waals surface area contributed by atoms with E-state index in [-0.39, 0.29) is 42.2 Å². The summed E-state index contributed by atoms with van der Waals surface area (Å²) in [6.45, 7) is 3.61. The second-order valence-corrected chi connectivity index (χ2v) is 7.18. The highest BCUT2D eigenvalue weighted by molar-refractivity contribution is 5.70. The maximum absolute atomic E-state index is 13.6. The van der Waals surface area contributed by atoms with Crippen LogP contribution in [0.4, 0.5) is 35.1 Å². The molecular weight excluding hydrogens is 392 g/mol.